The van der Waals surface area contributed by atoms with Gasteiger partial charge in [0, 0.05) is 0 Å². The number of carbonyl (C=O) groups excluding carboxylic acids is 1. The van der Waals surface area contributed by atoms with Crippen LogP contribution in [-0.2, 0) is 9.59 Å². The maximum absolute atomic E-state index is 11.6. The van der Waals surface area contributed by atoms with Crippen molar-refractivity contribution < 1.29 is 19.4 Å². The minimum Gasteiger partial charge on any atom is -0.481 e. The van der Waals surface area contributed by atoms with Gasteiger partial charge in [-0.15, -0.1) is 0 Å². The lowest BCUT2D eigenvalue weighted by Gasteiger charge is -2.16. The lowest BCUT2D eigenvalue weighted by Crippen LogP contribution is -2.44. The van der Waals surface area contributed by atoms with Crippen molar-refractivity contribution in [2.24, 2.45) is 0 Å². The van der Waals surface area contributed by atoms with Crippen LogP contribution in [0.4, 0.5) is 0 Å². The second-order valence-electron chi connectivity index (χ2n) is 3.64. The van der Waals surface area contributed by atoms with Gasteiger partial charge in [0.05, 0.1) is 0 Å². The summed E-state index contributed by atoms with van der Waals surface area (Å²) in [6.45, 7) is 2.96. The van der Waals surface area contributed by atoms with Crippen molar-refractivity contribution in [1.29, 1.82) is 0 Å². The van der Waals surface area contributed by atoms with Crippen LogP contribution in [0.3, 0.4) is 0 Å². The van der Waals surface area contributed by atoms with Crippen LogP contribution >= 0.6 is 0 Å². The van der Waals surface area contributed by atoms with E-state index in [1.807, 2.05) is 6.07 Å². The molecule has 92 valence electrons. The first-order chi connectivity index (χ1) is 8.00. The van der Waals surface area contributed by atoms with E-state index in [9.17, 15) is 9.59 Å². The molecule has 0 aliphatic rings. The summed E-state index contributed by atoms with van der Waals surface area (Å²) in [6.07, 6.45) is -0.737. The second kappa shape index (κ2) is 5.89. The van der Waals surface area contributed by atoms with Gasteiger partial charge < -0.3 is 15.2 Å². The van der Waals surface area contributed by atoms with Crippen LogP contribution in [0, 0.1) is 0 Å². The van der Waals surface area contributed by atoms with Gasteiger partial charge in [-0.3, -0.25) is 9.59 Å². The first kappa shape index (κ1) is 13.0. The average molecular weight is 237 g/mol. The van der Waals surface area contributed by atoms with E-state index in [0.29, 0.717) is 5.75 Å². The van der Waals surface area contributed by atoms with Crippen LogP contribution in [-0.4, -0.2) is 29.1 Å². The van der Waals surface area contributed by atoms with Gasteiger partial charge in [0.1, 0.15) is 11.8 Å². The van der Waals surface area contributed by atoms with Crippen molar-refractivity contribution in [1.82, 2.24) is 5.32 Å². The van der Waals surface area contributed by atoms with Gasteiger partial charge in [-0.05, 0) is 26.0 Å². The first-order valence-electron chi connectivity index (χ1n) is 5.25. The number of aliphatic carboxylic acids is 1. The highest BCUT2D eigenvalue weighted by molar-refractivity contribution is 5.85. The van der Waals surface area contributed by atoms with Gasteiger partial charge in [-0.2, -0.15) is 0 Å². The van der Waals surface area contributed by atoms with E-state index in [4.69, 9.17) is 9.84 Å². The van der Waals surface area contributed by atoms with Crippen molar-refractivity contribution in [3.05, 3.63) is 30.3 Å². The van der Waals surface area contributed by atoms with Gasteiger partial charge in [-0.1, -0.05) is 18.2 Å². The third kappa shape index (κ3) is 4.14. The molecular formula is C12H15NO4. The predicted molar refractivity (Wildman–Crippen MR) is 61.8 cm³/mol. The number of amides is 1. The van der Waals surface area contributed by atoms with Crippen molar-refractivity contribution in [2.45, 2.75) is 26.0 Å². The number of carboxylic acid groups (broad SMARTS) is 1. The molecule has 1 rings (SSSR count). The molecule has 0 radical (unpaired) electrons. The summed E-state index contributed by atoms with van der Waals surface area (Å²) in [5, 5.41) is 11.0. The van der Waals surface area contributed by atoms with Crippen LogP contribution in [0.1, 0.15) is 13.8 Å². The molecule has 0 bridgehead atoms. The summed E-state index contributed by atoms with van der Waals surface area (Å²) in [7, 11) is 0. The van der Waals surface area contributed by atoms with Crippen molar-refractivity contribution in [2.75, 3.05) is 0 Å². The highest BCUT2D eigenvalue weighted by Gasteiger charge is 2.19. The Balaban J connectivity index is 2.50. The van der Waals surface area contributed by atoms with Crippen molar-refractivity contribution in [3.8, 4) is 5.75 Å². The van der Waals surface area contributed by atoms with Crippen LogP contribution in [0.2, 0.25) is 0 Å². The third-order valence-corrected chi connectivity index (χ3v) is 2.15. The van der Waals surface area contributed by atoms with Gasteiger partial charge in [-0.25, -0.2) is 0 Å². The topological polar surface area (TPSA) is 75.6 Å². The number of ether oxygens (including phenoxy) is 1. The van der Waals surface area contributed by atoms with E-state index in [1.54, 1.807) is 31.2 Å². The molecule has 0 saturated carbocycles. The summed E-state index contributed by atoms with van der Waals surface area (Å²) in [6, 6.07) is 7.95. The molecule has 1 amide bonds. The number of hydrogen-bond donors (Lipinski definition) is 2. The maximum atomic E-state index is 11.6. The van der Waals surface area contributed by atoms with Crippen LogP contribution in [0.15, 0.2) is 30.3 Å². The molecule has 0 aliphatic heterocycles. The first-order valence-corrected chi connectivity index (χ1v) is 5.25. The van der Waals surface area contributed by atoms with Crippen LogP contribution < -0.4 is 10.1 Å². The van der Waals surface area contributed by atoms with Gasteiger partial charge in [0.25, 0.3) is 5.91 Å². The SMILES string of the molecule is C[C@H](Oc1ccccc1)C(=O)N[C@H](C)C(=O)O. The number of nitrogens with one attached hydrogen (secondary N) is 1. The normalized spacial score (nSPS) is 13.5. The Bertz CT molecular complexity index is 391. The second-order valence-corrected chi connectivity index (χ2v) is 3.64. The van der Waals surface area contributed by atoms with E-state index < -0.39 is 24.0 Å². The lowest BCUT2D eigenvalue weighted by atomic mass is 10.3. The standard InChI is InChI=1S/C12H15NO4/c1-8(12(15)16)13-11(14)9(2)17-10-6-4-3-5-7-10/h3-9H,1-2H3,(H,13,14)(H,15,16)/t8-,9+/m1/s1. The largest absolute Gasteiger partial charge is 0.481 e. The number of rotatable bonds is 5. The van der Waals surface area contributed by atoms with Crippen molar-refractivity contribution in [3.63, 3.8) is 0 Å². The number of carboxylic acids is 1. The fraction of sp³-hybridized carbons (Fsp3) is 0.333. The molecule has 0 spiro atoms. The fourth-order valence-corrected chi connectivity index (χ4v) is 1.15. The number of hydrogen-bond acceptors (Lipinski definition) is 3. The van der Waals surface area contributed by atoms with E-state index >= 15 is 0 Å². The quantitative estimate of drug-likeness (QED) is 0.802. The van der Waals surface area contributed by atoms with Gasteiger partial charge in [0.2, 0.25) is 0 Å². The molecule has 5 heteroatoms. The Kier molecular flexibility index (Phi) is 4.51. The smallest absolute Gasteiger partial charge is 0.325 e. The Hall–Kier alpha value is -2.04. The molecule has 0 aromatic heterocycles. The average Bonchev–Trinajstić information content (AvgIpc) is 2.29. The Morgan fingerprint density at radius 2 is 1.82 bits per heavy atom. The predicted octanol–water partition coefficient (Wildman–Crippen LogP) is 1.04. The summed E-state index contributed by atoms with van der Waals surface area (Å²) in [4.78, 5) is 22.1. The molecule has 5 nitrogen and oxygen atoms in total. The minimum absolute atomic E-state index is 0.455. The molecule has 2 N–H and O–H groups in total. The zero-order valence-electron chi connectivity index (χ0n) is 9.71. The zero-order valence-corrected chi connectivity index (χ0v) is 9.71. The monoisotopic (exact) mass is 237 g/mol. The molecule has 0 fully saturated rings. The summed E-state index contributed by atoms with van der Waals surface area (Å²) in [5.41, 5.74) is 0. The molecule has 0 heterocycles. The number of para-hydroxylation sites is 1. The fourth-order valence-electron chi connectivity index (χ4n) is 1.15. The van der Waals surface area contributed by atoms with Crippen LogP contribution in [0.5, 0.6) is 5.75 Å². The lowest BCUT2D eigenvalue weighted by molar-refractivity contribution is -0.142. The molecular weight excluding hydrogens is 222 g/mol. The Morgan fingerprint density at radius 1 is 1.24 bits per heavy atom. The summed E-state index contributed by atoms with van der Waals surface area (Å²) >= 11 is 0. The molecule has 1 aromatic rings. The van der Waals surface area contributed by atoms with E-state index in [0.717, 1.165) is 0 Å². The molecule has 17 heavy (non-hydrogen) atoms. The Labute approximate surface area is 99.4 Å². The van der Waals surface area contributed by atoms with Crippen molar-refractivity contribution >= 4 is 11.9 Å². The van der Waals surface area contributed by atoms with Gasteiger partial charge in [0.15, 0.2) is 6.10 Å². The minimum atomic E-state index is -1.08. The molecule has 2 atom stereocenters. The summed E-state index contributed by atoms with van der Waals surface area (Å²) < 4.78 is 5.35. The summed E-state index contributed by atoms with van der Waals surface area (Å²) in [5.74, 6) is -0.966. The van der Waals surface area contributed by atoms with E-state index in [2.05, 4.69) is 5.32 Å². The number of carbonyl (C=O) groups is 2. The molecule has 0 aliphatic carbocycles. The van der Waals surface area contributed by atoms with E-state index in [-0.39, 0.29) is 0 Å². The molecule has 0 unspecified atom stereocenters. The highest BCUT2D eigenvalue weighted by Crippen LogP contribution is 2.10. The number of benzene rings is 1. The molecule has 0 saturated heterocycles. The van der Waals surface area contributed by atoms with Crippen LogP contribution in [0.25, 0.3) is 0 Å². The van der Waals surface area contributed by atoms with E-state index in [1.165, 1.54) is 6.92 Å². The highest BCUT2D eigenvalue weighted by atomic mass is 16.5. The third-order valence-electron chi connectivity index (χ3n) is 2.15. The molecule has 1 aromatic carbocycles. The Morgan fingerprint density at radius 3 is 2.35 bits per heavy atom. The maximum Gasteiger partial charge on any atom is 0.325 e. The zero-order chi connectivity index (χ0) is 12.8. The van der Waals surface area contributed by atoms with Gasteiger partial charge >= 0.3 is 5.97 Å².